The number of oxime groups is 1. The summed E-state index contributed by atoms with van der Waals surface area (Å²) in [5, 5.41) is 11.7. The number of rotatable bonds is 6. The topological polar surface area (TPSA) is 65.1 Å². The Bertz CT molecular complexity index is 224. The Morgan fingerprint density at radius 3 is 2.44 bits per heavy atom. The van der Waals surface area contributed by atoms with E-state index in [9.17, 15) is 0 Å². The number of nitrogens with two attached hydrogens (primary N) is 1. The van der Waals surface area contributed by atoms with Crippen LogP contribution in [0.15, 0.2) is 5.16 Å². The zero-order valence-electron chi connectivity index (χ0n) is 10.4. The van der Waals surface area contributed by atoms with E-state index >= 15 is 0 Å². The molecule has 0 aromatic rings. The molecule has 1 aliphatic rings. The second-order valence-corrected chi connectivity index (χ2v) is 4.80. The number of amidine groups is 1. The minimum atomic E-state index is 0.311. The van der Waals surface area contributed by atoms with Gasteiger partial charge in [-0.05, 0) is 26.9 Å². The standard InChI is InChI=1S/C11H24N4O/c1-14(2)7-8-15(9-11(12)13-16)10-5-3-4-6-10/h10,16H,3-9H2,1-2H3,(H2,12,13). The molecule has 1 rings (SSSR count). The molecule has 0 aromatic heterocycles. The van der Waals surface area contributed by atoms with E-state index in [0.29, 0.717) is 18.4 Å². The van der Waals surface area contributed by atoms with Crippen LogP contribution in [0.4, 0.5) is 0 Å². The molecule has 5 heteroatoms. The van der Waals surface area contributed by atoms with Crippen LogP contribution in [0.2, 0.25) is 0 Å². The van der Waals surface area contributed by atoms with Crippen molar-refractivity contribution in [1.29, 1.82) is 0 Å². The van der Waals surface area contributed by atoms with E-state index in [1.807, 2.05) is 0 Å². The van der Waals surface area contributed by atoms with E-state index in [1.165, 1.54) is 25.7 Å². The van der Waals surface area contributed by atoms with Crippen LogP contribution in [0.25, 0.3) is 0 Å². The molecule has 0 saturated heterocycles. The molecular formula is C11H24N4O. The lowest BCUT2D eigenvalue weighted by atomic mass is 10.2. The van der Waals surface area contributed by atoms with Gasteiger partial charge in [0.1, 0.15) is 0 Å². The zero-order valence-corrected chi connectivity index (χ0v) is 10.4. The maximum Gasteiger partial charge on any atom is 0.153 e. The second-order valence-electron chi connectivity index (χ2n) is 4.80. The molecule has 0 bridgehead atoms. The second kappa shape index (κ2) is 6.70. The van der Waals surface area contributed by atoms with Crippen molar-refractivity contribution in [3.8, 4) is 0 Å². The van der Waals surface area contributed by atoms with Crippen molar-refractivity contribution in [3.05, 3.63) is 0 Å². The smallest absolute Gasteiger partial charge is 0.153 e. The molecule has 1 fully saturated rings. The highest BCUT2D eigenvalue weighted by molar-refractivity contribution is 5.81. The summed E-state index contributed by atoms with van der Waals surface area (Å²) in [7, 11) is 4.13. The van der Waals surface area contributed by atoms with Crippen molar-refractivity contribution in [2.75, 3.05) is 33.7 Å². The fourth-order valence-corrected chi connectivity index (χ4v) is 2.23. The highest BCUT2D eigenvalue weighted by atomic mass is 16.4. The Morgan fingerprint density at radius 2 is 1.94 bits per heavy atom. The Kier molecular flexibility index (Phi) is 5.55. The van der Waals surface area contributed by atoms with Crippen LogP contribution in [-0.2, 0) is 0 Å². The van der Waals surface area contributed by atoms with Gasteiger partial charge in [0.25, 0.3) is 0 Å². The maximum atomic E-state index is 8.63. The summed E-state index contributed by atoms with van der Waals surface area (Å²) in [5.41, 5.74) is 5.59. The van der Waals surface area contributed by atoms with Crippen LogP contribution < -0.4 is 5.73 Å². The maximum absolute atomic E-state index is 8.63. The van der Waals surface area contributed by atoms with E-state index in [0.717, 1.165) is 13.1 Å². The summed E-state index contributed by atoms with van der Waals surface area (Å²) in [6.07, 6.45) is 5.09. The van der Waals surface area contributed by atoms with E-state index in [4.69, 9.17) is 10.9 Å². The summed E-state index contributed by atoms with van der Waals surface area (Å²) in [4.78, 5) is 4.50. The Hall–Kier alpha value is -0.810. The summed E-state index contributed by atoms with van der Waals surface area (Å²) in [5.74, 6) is 0.311. The van der Waals surface area contributed by atoms with Gasteiger partial charge in [-0.3, -0.25) is 4.90 Å². The van der Waals surface area contributed by atoms with Crippen molar-refractivity contribution in [2.45, 2.75) is 31.7 Å². The lowest BCUT2D eigenvalue weighted by Crippen LogP contribution is -2.43. The van der Waals surface area contributed by atoms with E-state index in [1.54, 1.807) is 0 Å². The highest BCUT2D eigenvalue weighted by Crippen LogP contribution is 2.23. The molecule has 0 aliphatic heterocycles. The molecule has 3 N–H and O–H groups in total. The SMILES string of the molecule is CN(C)CCN(CC(N)=NO)C1CCCC1. The fraction of sp³-hybridized carbons (Fsp3) is 0.909. The van der Waals surface area contributed by atoms with Crippen LogP contribution in [-0.4, -0.2) is 60.6 Å². The normalized spacial score (nSPS) is 18.9. The first-order chi connectivity index (χ1) is 7.63. The molecule has 0 atom stereocenters. The van der Waals surface area contributed by atoms with Gasteiger partial charge in [0.15, 0.2) is 5.84 Å². The number of hydrogen-bond acceptors (Lipinski definition) is 4. The molecule has 0 spiro atoms. The predicted octanol–water partition coefficient (Wildman–Crippen LogP) is 0.539. The Labute approximate surface area is 97.9 Å². The number of nitrogens with zero attached hydrogens (tertiary/aromatic N) is 3. The van der Waals surface area contributed by atoms with Crippen LogP contribution >= 0.6 is 0 Å². The van der Waals surface area contributed by atoms with Gasteiger partial charge in [-0.2, -0.15) is 0 Å². The zero-order chi connectivity index (χ0) is 12.0. The molecule has 0 amide bonds. The first-order valence-corrected chi connectivity index (χ1v) is 5.98. The third-order valence-corrected chi connectivity index (χ3v) is 3.17. The van der Waals surface area contributed by atoms with Crippen LogP contribution in [0.5, 0.6) is 0 Å². The Morgan fingerprint density at radius 1 is 1.31 bits per heavy atom. The molecule has 1 saturated carbocycles. The average Bonchev–Trinajstić information content (AvgIpc) is 2.76. The quantitative estimate of drug-likeness (QED) is 0.301. The summed E-state index contributed by atoms with van der Waals surface area (Å²) >= 11 is 0. The van der Waals surface area contributed by atoms with Crippen molar-refractivity contribution >= 4 is 5.84 Å². The first kappa shape index (κ1) is 13.3. The molecule has 0 aromatic carbocycles. The third kappa shape index (κ3) is 4.37. The highest BCUT2D eigenvalue weighted by Gasteiger charge is 2.23. The van der Waals surface area contributed by atoms with Gasteiger partial charge in [-0.25, -0.2) is 0 Å². The van der Waals surface area contributed by atoms with Crippen molar-refractivity contribution in [1.82, 2.24) is 9.80 Å². The van der Waals surface area contributed by atoms with Gasteiger partial charge in [0.2, 0.25) is 0 Å². The van der Waals surface area contributed by atoms with Gasteiger partial charge in [0.05, 0.1) is 6.54 Å². The van der Waals surface area contributed by atoms with Crippen LogP contribution in [0.1, 0.15) is 25.7 Å². The lowest BCUT2D eigenvalue weighted by molar-refractivity contribution is 0.201. The van der Waals surface area contributed by atoms with Crippen molar-refractivity contribution < 1.29 is 5.21 Å². The van der Waals surface area contributed by atoms with Gasteiger partial charge in [-0.1, -0.05) is 18.0 Å². The van der Waals surface area contributed by atoms with Gasteiger partial charge in [0, 0.05) is 19.1 Å². The molecule has 16 heavy (non-hydrogen) atoms. The van der Waals surface area contributed by atoms with Crippen molar-refractivity contribution in [2.24, 2.45) is 10.9 Å². The summed E-state index contributed by atoms with van der Waals surface area (Å²) < 4.78 is 0. The average molecular weight is 228 g/mol. The number of likely N-dealkylation sites (N-methyl/N-ethyl adjacent to an activating group) is 1. The molecule has 0 unspecified atom stereocenters. The monoisotopic (exact) mass is 228 g/mol. The molecule has 94 valence electrons. The summed E-state index contributed by atoms with van der Waals surface area (Å²) in [6, 6.07) is 0.611. The molecular weight excluding hydrogens is 204 g/mol. The molecule has 5 nitrogen and oxygen atoms in total. The van der Waals surface area contributed by atoms with Crippen LogP contribution in [0.3, 0.4) is 0 Å². The molecule has 0 radical (unpaired) electrons. The minimum Gasteiger partial charge on any atom is -0.409 e. The van der Waals surface area contributed by atoms with E-state index < -0.39 is 0 Å². The predicted molar refractivity (Wildman–Crippen MR) is 65.8 cm³/mol. The fourth-order valence-electron chi connectivity index (χ4n) is 2.23. The molecule has 0 heterocycles. The first-order valence-electron chi connectivity index (χ1n) is 5.98. The Balaban J connectivity index is 2.46. The largest absolute Gasteiger partial charge is 0.409 e. The van der Waals surface area contributed by atoms with Crippen LogP contribution in [0, 0.1) is 0 Å². The third-order valence-electron chi connectivity index (χ3n) is 3.17. The molecule has 1 aliphatic carbocycles. The summed E-state index contributed by atoms with van der Waals surface area (Å²) in [6.45, 7) is 2.57. The van der Waals surface area contributed by atoms with Gasteiger partial charge in [-0.15, -0.1) is 0 Å². The van der Waals surface area contributed by atoms with Gasteiger partial charge < -0.3 is 15.8 Å². The number of hydrogen-bond donors (Lipinski definition) is 2. The minimum absolute atomic E-state index is 0.311. The van der Waals surface area contributed by atoms with E-state index in [2.05, 4.69) is 29.1 Å². The van der Waals surface area contributed by atoms with E-state index in [-0.39, 0.29) is 0 Å². The lowest BCUT2D eigenvalue weighted by Gasteiger charge is -2.29. The van der Waals surface area contributed by atoms with Crippen molar-refractivity contribution in [3.63, 3.8) is 0 Å². The van der Waals surface area contributed by atoms with Gasteiger partial charge >= 0.3 is 0 Å².